The number of amides is 2. The van der Waals surface area contributed by atoms with Crippen molar-refractivity contribution in [1.29, 1.82) is 0 Å². The number of carboxylic acids is 2. The van der Waals surface area contributed by atoms with E-state index in [1.54, 1.807) is 0 Å². The normalized spacial score (nSPS) is 24.4. The van der Waals surface area contributed by atoms with Crippen LogP contribution in [0.15, 0.2) is 0 Å². The molecule has 2 saturated heterocycles. The predicted octanol–water partition coefficient (Wildman–Crippen LogP) is -2.78. The van der Waals surface area contributed by atoms with Gasteiger partial charge in [-0.2, -0.15) is 0 Å². The van der Waals surface area contributed by atoms with Gasteiger partial charge in [-0.3, -0.25) is 0 Å². The van der Waals surface area contributed by atoms with Gasteiger partial charge in [0.1, 0.15) is 0 Å². The molecule has 2 amide bonds. The van der Waals surface area contributed by atoms with Crippen LogP contribution in [0.25, 0.3) is 10.6 Å². The molecule has 0 N–H and O–H groups in total. The first-order valence-electron chi connectivity index (χ1n) is 5.29. The Morgan fingerprint density at radius 1 is 0.895 bits per heavy atom. The summed E-state index contributed by atoms with van der Waals surface area (Å²) in [6, 6.07) is -1.75. The number of rotatable bonds is 2. The van der Waals surface area contributed by atoms with Crippen LogP contribution in [0, 0.1) is 0 Å². The van der Waals surface area contributed by atoms with Crippen LogP contribution in [-0.2, 0) is 19.2 Å². The third-order valence-electron chi connectivity index (χ3n) is 2.41. The number of hydrogen-bond donors (Lipinski definition) is 0. The molecule has 0 radical (unpaired) electrons. The van der Waals surface area contributed by atoms with Crippen LogP contribution >= 0.6 is 0 Å². The fourth-order valence-corrected chi connectivity index (χ4v) is 1.47. The Kier molecular flexibility index (Phi) is 7.38. The minimum atomic E-state index is -1.25. The first-order valence-corrected chi connectivity index (χ1v) is 5.29. The van der Waals surface area contributed by atoms with Crippen LogP contribution in [0.4, 0.5) is 0 Å². The number of carbonyl (C=O) groups is 4. The third kappa shape index (κ3) is 5.88. The molecule has 100 valence electrons. The van der Waals surface area contributed by atoms with Crippen molar-refractivity contribution >= 4 is 46.8 Å². The van der Waals surface area contributed by atoms with E-state index in [1.807, 2.05) is 0 Å². The maximum absolute atomic E-state index is 10.3. The van der Waals surface area contributed by atoms with Crippen molar-refractivity contribution in [2.45, 2.75) is 37.8 Å². The third-order valence-corrected chi connectivity index (χ3v) is 2.41. The monoisotopic (exact) mass is 278 g/mol. The molecule has 0 aromatic heterocycles. The molecule has 2 aliphatic heterocycles. The van der Waals surface area contributed by atoms with Gasteiger partial charge in [-0.05, 0) is 12.8 Å². The quantitative estimate of drug-likeness (QED) is 0.500. The fourth-order valence-electron chi connectivity index (χ4n) is 1.47. The minimum Gasteiger partial charge on any atom is -0.646 e. The van der Waals surface area contributed by atoms with Crippen molar-refractivity contribution in [3.05, 3.63) is 10.6 Å². The van der Waals surface area contributed by atoms with Crippen LogP contribution < -0.4 is 10.2 Å². The molecular weight excluding hydrogens is 268 g/mol. The SMILES string of the molecule is O=C1CCC(C(=O)[O-])[N-]1.O=C1CCC(C(=O)[O-])[N-]1.[Mg+2]. The van der Waals surface area contributed by atoms with Gasteiger partial charge in [0.05, 0.1) is 11.8 Å². The molecule has 0 spiro atoms. The van der Waals surface area contributed by atoms with Crippen molar-refractivity contribution in [2.75, 3.05) is 0 Å². The van der Waals surface area contributed by atoms with Gasteiger partial charge in [-0.1, -0.05) is 24.9 Å². The summed E-state index contributed by atoms with van der Waals surface area (Å²) in [5.74, 6) is -3.16. The largest absolute Gasteiger partial charge is 2.00 e. The average Bonchev–Trinajstić information content (AvgIpc) is 2.88. The van der Waals surface area contributed by atoms with Crippen molar-refractivity contribution in [3.63, 3.8) is 0 Å². The standard InChI is InChI=1S/2C5H7NO3.Mg/c2*7-4-2-1-3(6-4)5(8)9;/h2*3H,1-2H2,(H2,6,7,8,9);/q;;+2/p-4. The Morgan fingerprint density at radius 2 is 1.21 bits per heavy atom. The summed E-state index contributed by atoms with van der Waals surface area (Å²) in [6.45, 7) is 0. The summed E-state index contributed by atoms with van der Waals surface area (Å²) < 4.78 is 0. The average molecular weight is 279 g/mol. The van der Waals surface area contributed by atoms with Gasteiger partial charge in [-0.15, -0.1) is 0 Å². The molecule has 19 heavy (non-hydrogen) atoms. The Hall–Kier alpha value is -1.35. The Labute approximate surface area is 125 Å². The first kappa shape index (κ1) is 17.6. The zero-order valence-corrected chi connectivity index (χ0v) is 11.4. The maximum Gasteiger partial charge on any atom is 2.00 e. The second-order valence-corrected chi connectivity index (χ2v) is 3.79. The van der Waals surface area contributed by atoms with Crippen LogP contribution in [0.2, 0.25) is 0 Å². The summed E-state index contributed by atoms with van der Waals surface area (Å²) >= 11 is 0. The molecule has 0 saturated carbocycles. The molecular formula is C10H10MgN2O6-2. The molecule has 2 heterocycles. The van der Waals surface area contributed by atoms with Gasteiger partial charge >= 0.3 is 23.1 Å². The predicted molar refractivity (Wildman–Crippen MR) is 58.5 cm³/mol. The fraction of sp³-hybridized carbons (Fsp3) is 0.600. The van der Waals surface area contributed by atoms with Gasteiger partial charge < -0.3 is 40.0 Å². The second kappa shape index (κ2) is 7.95. The molecule has 2 atom stereocenters. The van der Waals surface area contributed by atoms with Crippen LogP contribution in [-0.4, -0.2) is 58.9 Å². The summed E-state index contributed by atoms with van der Waals surface area (Å²) in [4.78, 5) is 40.6. The molecule has 0 aromatic carbocycles. The molecule has 0 aromatic rings. The first-order chi connectivity index (χ1) is 8.40. The van der Waals surface area contributed by atoms with E-state index in [0.29, 0.717) is 12.8 Å². The van der Waals surface area contributed by atoms with E-state index in [2.05, 4.69) is 10.6 Å². The Balaban J connectivity index is 0.000000324. The Morgan fingerprint density at radius 3 is 1.32 bits per heavy atom. The smallest absolute Gasteiger partial charge is 0.646 e. The van der Waals surface area contributed by atoms with Crippen molar-refractivity contribution < 1.29 is 29.4 Å². The summed E-state index contributed by atoms with van der Waals surface area (Å²) in [5.41, 5.74) is 0. The zero-order chi connectivity index (χ0) is 13.7. The van der Waals surface area contributed by atoms with Gasteiger partial charge in [0.25, 0.3) is 0 Å². The maximum atomic E-state index is 10.3. The van der Waals surface area contributed by atoms with Crippen molar-refractivity contribution in [3.8, 4) is 0 Å². The molecule has 2 rings (SSSR count). The molecule has 2 unspecified atom stereocenters. The van der Waals surface area contributed by atoms with Gasteiger partial charge in [0, 0.05) is 11.9 Å². The van der Waals surface area contributed by atoms with E-state index in [0.717, 1.165) is 0 Å². The number of aliphatic carboxylic acids is 2. The summed E-state index contributed by atoms with van der Waals surface area (Å²) in [6.07, 6.45) is 1.11. The molecule has 0 bridgehead atoms. The van der Waals surface area contributed by atoms with E-state index in [1.165, 1.54) is 0 Å². The number of carboxylic acid groups (broad SMARTS) is 2. The van der Waals surface area contributed by atoms with Crippen LogP contribution in [0.5, 0.6) is 0 Å². The molecule has 0 aliphatic carbocycles. The zero-order valence-electron chi connectivity index (χ0n) is 10.0. The second-order valence-electron chi connectivity index (χ2n) is 3.79. The van der Waals surface area contributed by atoms with Gasteiger partial charge in [0.2, 0.25) is 0 Å². The van der Waals surface area contributed by atoms with E-state index in [-0.39, 0.29) is 47.7 Å². The topological polar surface area (TPSA) is 143 Å². The molecule has 2 aliphatic rings. The number of carbonyl (C=O) groups excluding carboxylic acids is 4. The van der Waals surface area contributed by atoms with Crippen LogP contribution in [0.1, 0.15) is 25.7 Å². The summed E-state index contributed by atoms with van der Waals surface area (Å²) in [5, 5.41) is 26.6. The van der Waals surface area contributed by atoms with E-state index >= 15 is 0 Å². The van der Waals surface area contributed by atoms with E-state index in [9.17, 15) is 29.4 Å². The van der Waals surface area contributed by atoms with E-state index < -0.39 is 24.0 Å². The number of nitrogens with zero attached hydrogens (tertiary/aromatic N) is 2. The molecule has 9 heteroatoms. The van der Waals surface area contributed by atoms with Gasteiger partial charge in [0.15, 0.2) is 0 Å². The molecule has 2 fully saturated rings. The van der Waals surface area contributed by atoms with Crippen LogP contribution in [0.3, 0.4) is 0 Å². The summed E-state index contributed by atoms with van der Waals surface area (Å²) in [7, 11) is 0. The van der Waals surface area contributed by atoms with Crippen molar-refractivity contribution in [2.24, 2.45) is 0 Å². The minimum absolute atomic E-state index is 0. The molecule has 8 nitrogen and oxygen atoms in total. The van der Waals surface area contributed by atoms with Crippen molar-refractivity contribution in [1.82, 2.24) is 0 Å². The number of hydrogen-bond acceptors (Lipinski definition) is 6. The van der Waals surface area contributed by atoms with E-state index in [4.69, 9.17) is 0 Å². The Bertz CT molecular complexity index is 350. The van der Waals surface area contributed by atoms with Gasteiger partial charge in [-0.25, -0.2) is 0 Å².